The van der Waals surface area contributed by atoms with E-state index in [0.717, 1.165) is 11.4 Å². The number of anilines is 1. The molecule has 1 aromatic rings. The number of nitriles is 1. The molecule has 0 radical (unpaired) electrons. The molecule has 0 aliphatic heterocycles. The molecule has 2 unspecified atom stereocenters. The average molecular weight is 244 g/mol. The Morgan fingerprint density at radius 3 is 2.78 bits per heavy atom. The summed E-state index contributed by atoms with van der Waals surface area (Å²) in [5.41, 5.74) is 1.59. The highest BCUT2D eigenvalue weighted by molar-refractivity contribution is 5.61. The number of rotatable bonds is 3. The molecule has 0 bridgehead atoms. The van der Waals surface area contributed by atoms with Crippen molar-refractivity contribution in [2.45, 2.75) is 38.6 Å². The molecule has 0 heterocycles. The molecule has 18 heavy (non-hydrogen) atoms. The van der Waals surface area contributed by atoms with Crippen molar-refractivity contribution in [2.75, 3.05) is 12.4 Å². The Morgan fingerprint density at radius 2 is 2.11 bits per heavy atom. The lowest BCUT2D eigenvalue weighted by atomic mass is 9.85. The fourth-order valence-electron chi connectivity index (χ4n) is 2.60. The van der Waals surface area contributed by atoms with E-state index in [1.165, 1.54) is 25.7 Å². The average Bonchev–Trinajstić information content (AvgIpc) is 2.41. The lowest BCUT2D eigenvalue weighted by molar-refractivity contribution is 0.349. The summed E-state index contributed by atoms with van der Waals surface area (Å²) in [5.74, 6) is 1.46. The van der Waals surface area contributed by atoms with Crippen LogP contribution in [0.25, 0.3) is 0 Å². The Morgan fingerprint density at radius 1 is 1.33 bits per heavy atom. The first-order valence-electron chi connectivity index (χ1n) is 6.59. The van der Waals surface area contributed by atoms with Crippen LogP contribution >= 0.6 is 0 Å². The largest absolute Gasteiger partial charge is 0.497 e. The van der Waals surface area contributed by atoms with E-state index in [4.69, 9.17) is 10.00 Å². The number of benzene rings is 1. The van der Waals surface area contributed by atoms with E-state index in [1.54, 1.807) is 7.11 Å². The second-order valence-corrected chi connectivity index (χ2v) is 5.04. The van der Waals surface area contributed by atoms with Gasteiger partial charge >= 0.3 is 0 Å². The molecule has 1 aliphatic carbocycles. The molecule has 1 N–H and O–H groups in total. The molecule has 1 aliphatic rings. The zero-order chi connectivity index (χ0) is 13.0. The highest BCUT2D eigenvalue weighted by Gasteiger charge is 2.21. The van der Waals surface area contributed by atoms with Crippen LogP contribution in [0.2, 0.25) is 0 Å². The first-order valence-corrected chi connectivity index (χ1v) is 6.59. The summed E-state index contributed by atoms with van der Waals surface area (Å²) in [6.07, 6.45) is 5.04. The fraction of sp³-hybridized carbons (Fsp3) is 0.533. The Kier molecular flexibility index (Phi) is 4.09. The van der Waals surface area contributed by atoms with Crippen LogP contribution in [-0.4, -0.2) is 13.2 Å². The minimum Gasteiger partial charge on any atom is -0.497 e. The Labute approximate surface area is 109 Å². The number of ether oxygens (including phenoxy) is 1. The summed E-state index contributed by atoms with van der Waals surface area (Å²) < 4.78 is 5.22. The van der Waals surface area contributed by atoms with Crippen LogP contribution in [0, 0.1) is 17.2 Å². The van der Waals surface area contributed by atoms with Gasteiger partial charge in [-0.15, -0.1) is 0 Å². The third-order valence-corrected chi connectivity index (χ3v) is 3.80. The van der Waals surface area contributed by atoms with Gasteiger partial charge in [0.2, 0.25) is 0 Å². The van der Waals surface area contributed by atoms with Crippen molar-refractivity contribution < 1.29 is 4.74 Å². The number of nitrogens with one attached hydrogen (secondary N) is 1. The standard InChI is InChI=1S/C15H20N2O/c1-11-5-3-4-6-14(11)17-15-9-13(18-2)8-7-12(15)10-16/h7-9,11,14,17H,3-6H2,1-2H3. The number of nitrogens with zero attached hydrogens (tertiary/aromatic N) is 1. The molecular weight excluding hydrogens is 224 g/mol. The zero-order valence-corrected chi connectivity index (χ0v) is 11.1. The molecule has 3 heteroatoms. The van der Waals surface area contributed by atoms with Gasteiger partial charge in [-0.2, -0.15) is 5.26 Å². The van der Waals surface area contributed by atoms with Crippen molar-refractivity contribution in [2.24, 2.45) is 5.92 Å². The molecule has 1 aromatic carbocycles. The van der Waals surface area contributed by atoms with Crippen LogP contribution in [0.5, 0.6) is 5.75 Å². The molecule has 0 aromatic heterocycles. The molecule has 0 saturated heterocycles. The summed E-state index contributed by atoms with van der Waals surface area (Å²) in [6.45, 7) is 2.28. The second kappa shape index (κ2) is 5.77. The van der Waals surface area contributed by atoms with Crippen molar-refractivity contribution in [1.29, 1.82) is 5.26 Å². The lowest BCUT2D eigenvalue weighted by Gasteiger charge is -2.30. The van der Waals surface area contributed by atoms with Crippen molar-refractivity contribution in [3.8, 4) is 11.8 Å². The van der Waals surface area contributed by atoms with E-state index >= 15 is 0 Å². The second-order valence-electron chi connectivity index (χ2n) is 5.04. The quantitative estimate of drug-likeness (QED) is 0.884. The van der Waals surface area contributed by atoms with Gasteiger partial charge in [0, 0.05) is 12.1 Å². The number of methoxy groups -OCH3 is 1. The van der Waals surface area contributed by atoms with Gasteiger partial charge in [-0.3, -0.25) is 0 Å². The van der Waals surface area contributed by atoms with Gasteiger partial charge in [0.15, 0.2) is 0 Å². The van der Waals surface area contributed by atoms with Gasteiger partial charge in [-0.25, -0.2) is 0 Å². The first kappa shape index (κ1) is 12.8. The Bertz CT molecular complexity index is 450. The zero-order valence-electron chi connectivity index (χ0n) is 11.1. The van der Waals surface area contributed by atoms with Crippen molar-refractivity contribution in [3.63, 3.8) is 0 Å². The van der Waals surface area contributed by atoms with E-state index < -0.39 is 0 Å². The molecule has 3 nitrogen and oxygen atoms in total. The molecule has 2 atom stereocenters. The van der Waals surface area contributed by atoms with Crippen LogP contribution in [-0.2, 0) is 0 Å². The fourth-order valence-corrected chi connectivity index (χ4v) is 2.60. The summed E-state index contributed by atoms with van der Waals surface area (Å²) in [7, 11) is 1.65. The summed E-state index contributed by atoms with van der Waals surface area (Å²) in [5, 5.41) is 12.7. The van der Waals surface area contributed by atoms with Crippen LogP contribution in [0.4, 0.5) is 5.69 Å². The third kappa shape index (κ3) is 2.76. The minimum absolute atomic E-state index is 0.470. The van der Waals surface area contributed by atoms with Gasteiger partial charge < -0.3 is 10.1 Å². The van der Waals surface area contributed by atoms with Gasteiger partial charge in [0.1, 0.15) is 11.8 Å². The predicted octanol–water partition coefficient (Wildman–Crippen LogP) is 3.56. The maximum absolute atomic E-state index is 9.15. The minimum atomic E-state index is 0.470. The summed E-state index contributed by atoms with van der Waals surface area (Å²) >= 11 is 0. The molecule has 1 fully saturated rings. The molecular formula is C15H20N2O. The monoisotopic (exact) mass is 244 g/mol. The normalized spacial score (nSPS) is 23.2. The smallest absolute Gasteiger partial charge is 0.121 e. The summed E-state index contributed by atoms with van der Waals surface area (Å²) in [6, 6.07) is 8.26. The molecule has 0 spiro atoms. The van der Waals surface area contributed by atoms with Crippen LogP contribution < -0.4 is 10.1 Å². The Balaban J connectivity index is 2.18. The van der Waals surface area contributed by atoms with Gasteiger partial charge in [-0.05, 0) is 30.9 Å². The van der Waals surface area contributed by atoms with E-state index in [9.17, 15) is 0 Å². The maximum atomic E-state index is 9.15. The summed E-state index contributed by atoms with van der Waals surface area (Å²) in [4.78, 5) is 0. The molecule has 0 amide bonds. The number of hydrogen-bond donors (Lipinski definition) is 1. The Hall–Kier alpha value is -1.69. The highest BCUT2D eigenvalue weighted by Crippen LogP contribution is 2.29. The van der Waals surface area contributed by atoms with Crippen LogP contribution in [0.15, 0.2) is 18.2 Å². The van der Waals surface area contributed by atoms with E-state index in [-0.39, 0.29) is 0 Å². The van der Waals surface area contributed by atoms with Gasteiger partial charge in [-0.1, -0.05) is 19.8 Å². The molecule has 1 saturated carbocycles. The van der Waals surface area contributed by atoms with E-state index in [0.29, 0.717) is 17.5 Å². The van der Waals surface area contributed by atoms with Crippen LogP contribution in [0.1, 0.15) is 38.2 Å². The SMILES string of the molecule is COc1ccc(C#N)c(NC2CCCCC2C)c1. The van der Waals surface area contributed by atoms with Crippen LogP contribution in [0.3, 0.4) is 0 Å². The lowest BCUT2D eigenvalue weighted by Crippen LogP contribution is -2.30. The predicted molar refractivity (Wildman–Crippen MR) is 72.8 cm³/mol. The third-order valence-electron chi connectivity index (χ3n) is 3.80. The van der Waals surface area contributed by atoms with Crippen molar-refractivity contribution in [1.82, 2.24) is 0 Å². The number of hydrogen-bond acceptors (Lipinski definition) is 3. The topological polar surface area (TPSA) is 45.0 Å². The van der Waals surface area contributed by atoms with E-state index in [1.807, 2.05) is 18.2 Å². The van der Waals surface area contributed by atoms with Gasteiger partial charge in [0.05, 0.1) is 18.4 Å². The van der Waals surface area contributed by atoms with Crippen molar-refractivity contribution >= 4 is 5.69 Å². The maximum Gasteiger partial charge on any atom is 0.121 e. The van der Waals surface area contributed by atoms with Gasteiger partial charge in [0.25, 0.3) is 0 Å². The highest BCUT2D eigenvalue weighted by atomic mass is 16.5. The van der Waals surface area contributed by atoms with E-state index in [2.05, 4.69) is 18.3 Å². The van der Waals surface area contributed by atoms with Crippen molar-refractivity contribution in [3.05, 3.63) is 23.8 Å². The first-order chi connectivity index (χ1) is 8.74. The molecule has 96 valence electrons. The molecule has 2 rings (SSSR count).